The van der Waals surface area contributed by atoms with Crippen LogP contribution in [0.1, 0.15) is 16.1 Å². The van der Waals surface area contributed by atoms with Crippen molar-refractivity contribution in [1.29, 1.82) is 0 Å². The normalized spacial score (nSPS) is 14.2. The quantitative estimate of drug-likeness (QED) is 0.247. The molecule has 4 rings (SSSR count). The molecule has 1 fully saturated rings. The van der Waals surface area contributed by atoms with Crippen LogP contribution in [-0.2, 0) is 16.0 Å². The third-order valence-corrected chi connectivity index (χ3v) is 5.62. The monoisotopic (exact) mass is 467 g/mol. The first-order chi connectivity index (χ1) is 16.5. The summed E-state index contributed by atoms with van der Waals surface area (Å²) in [5, 5.41) is 3.33. The molecule has 0 unspecified atom stereocenters. The Hall–Kier alpha value is -3.76. The van der Waals surface area contributed by atoms with Crippen LogP contribution in [0.5, 0.6) is 0 Å². The molecular weight excluding hydrogens is 438 g/mol. The van der Waals surface area contributed by atoms with Crippen molar-refractivity contribution < 1.29 is 18.7 Å². The molecule has 0 spiro atoms. The summed E-state index contributed by atoms with van der Waals surface area (Å²) in [7, 11) is 1.55. The molecule has 0 saturated carbocycles. The fourth-order valence-electron chi connectivity index (χ4n) is 3.82. The van der Waals surface area contributed by atoms with Crippen molar-refractivity contribution in [3.05, 3.63) is 70.5 Å². The molecule has 0 radical (unpaired) electrons. The van der Waals surface area contributed by atoms with Crippen molar-refractivity contribution >= 4 is 28.7 Å². The van der Waals surface area contributed by atoms with Gasteiger partial charge >= 0.3 is 11.7 Å². The van der Waals surface area contributed by atoms with E-state index < -0.39 is 11.7 Å². The number of nitrogens with two attached hydrogens (primary N) is 1. The van der Waals surface area contributed by atoms with Crippen LogP contribution >= 0.6 is 0 Å². The molecule has 4 N–H and O–H groups in total. The van der Waals surface area contributed by atoms with E-state index in [-0.39, 0.29) is 6.61 Å². The van der Waals surface area contributed by atoms with E-state index in [1.807, 2.05) is 12.1 Å². The summed E-state index contributed by atoms with van der Waals surface area (Å²) >= 11 is 0. The van der Waals surface area contributed by atoms with Crippen molar-refractivity contribution in [1.82, 2.24) is 9.88 Å². The Morgan fingerprint density at radius 3 is 2.68 bits per heavy atom. The maximum absolute atomic E-state index is 12.1. The minimum absolute atomic E-state index is 0.193. The predicted octanol–water partition coefficient (Wildman–Crippen LogP) is 2.42. The van der Waals surface area contributed by atoms with Crippen LogP contribution in [0.4, 0.5) is 22.7 Å². The van der Waals surface area contributed by atoms with Crippen LogP contribution in [-0.4, -0.2) is 62.4 Å². The Labute approximate surface area is 197 Å². The number of aromatic amines is 1. The summed E-state index contributed by atoms with van der Waals surface area (Å²) in [6.45, 7) is 4.60. The van der Waals surface area contributed by atoms with Gasteiger partial charge in [-0.1, -0.05) is 6.07 Å². The first-order valence-corrected chi connectivity index (χ1v) is 11.1. The zero-order valence-electron chi connectivity index (χ0n) is 19.1. The minimum atomic E-state index is -0.435. The highest BCUT2D eigenvalue weighted by Crippen LogP contribution is 2.27. The highest BCUT2D eigenvalue weighted by atomic mass is 16.6. The highest BCUT2D eigenvalue weighted by Gasteiger charge is 2.19. The van der Waals surface area contributed by atoms with E-state index in [2.05, 4.69) is 32.2 Å². The van der Waals surface area contributed by atoms with Crippen LogP contribution in [0.2, 0.25) is 0 Å². The fourth-order valence-corrected chi connectivity index (χ4v) is 3.82. The Morgan fingerprint density at radius 1 is 1.15 bits per heavy atom. The molecule has 180 valence electrons. The van der Waals surface area contributed by atoms with Gasteiger partial charge in [-0.15, -0.1) is 0 Å². The third kappa shape index (κ3) is 5.97. The van der Waals surface area contributed by atoms with Crippen molar-refractivity contribution in [2.75, 3.05) is 62.5 Å². The lowest BCUT2D eigenvalue weighted by Crippen LogP contribution is -2.45. The molecule has 3 aromatic rings. The number of nitrogens with one attached hydrogen (secondary N) is 2. The molecule has 1 aliphatic rings. The lowest BCUT2D eigenvalue weighted by molar-refractivity contribution is 0.0388. The van der Waals surface area contributed by atoms with Crippen LogP contribution in [0.3, 0.4) is 0 Å². The molecule has 1 saturated heterocycles. The van der Waals surface area contributed by atoms with Crippen LogP contribution in [0.15, 0.2) is 57.9 Å². The van der Waals surface area contributed by atoms with Crippen molar-refractivity contribution in [2.24, 2.45) is 0 Å². The number of oxazole rings is 1. The largest absolute Gasteiger partial charge is 0.460 e. The van der Waals surface area contributed by atoms with Gasteiger partial charge in [-0.05, 0) is 36.4 Å². The SMILES string of the molecule is COCCOC(=O)c1ccc(Nc2cccc(N3CCN(Cc4c[nH]c(=O)o4)CC3)c2)c(N)c1. The molecule has 10 heteroatoms. The fraction of sp³-hybridized carbons (Fsp3) is 0.333. The van der Waals surface area contributed by atoms with E-state index in [1.54, 1.807) is 31.5 Å². The molecule has 2 aromatic carbocycles. The second-order valence-corrected chi connectivity index (χ2v) is 8.01. The van der Waals surface area contributed by atoms with Gasteiger partial charge in [-0.3, -0.25) is 9.88 Å². The summed E-state index contributed by atoms with van der Waals surface area (Å²) in [5.41, 5.74) is 9.75. The number of hydrogen-bond acceptors (Lipinski definition) is 9. The Bertz CT molecular complexity index is 1170. The second kappa shape index (κ2) is 10.9. The van der Waals surface area contributed by atoms with Gasteiger partial charge in [-0.25, -0.2) is 9.59 Å². The number of carbonyl (C=O) groups excluding carboxylic acids is 1. The number of aromatic nitrogens is 1. The van der Waals surface area contributed by atoms with E-state index in [1.165, 1.54) is 0 Å². The number of nitrogen functional groups attached to an aromatic ring is 1. The number of ether oxygens (including phenoxy) is 2. The van der Waals surface area contributed by atoms with Gasteiger partial charge in [0, 0.05) is 50.9 Å². The summed E-state index contributed by atoms with van der Waals surface area (Å²) in [5.74, 6) is -0.207. The van der Waals surface area contributed by atoms with E-state index in [4.69, 9.17) is 19.6 Å². The maximum atomic E-state index is 12.1. The number of H-pyrrole nitrogens is 1. The van der Waals surface area contributed by atoms with E-state index >= 15 is 0 Å². The predicted molar refractivity (Wildman–Crippen MR) is 130 cm³/mol. The average Bonchev–Trinajstić information content (AvgIpc) is 3.25. The number of carbonyl (C=O) groups is 1. The first kappa shape index (κ1) is 23.4. The number of esters is 1. The van der Waals surface area contributed by atoms with Gasteiger partial charge in [0.2, 0.25) is 0 Å². The van der Waals surface area contributed by atoms with Crippen molar-refractivity contribution in [3.63, 3.8) is 0 Å². The Kier molecular flexibility index (Phi) is 7.51. The maximum Gasteiger partial charge on any atom is 0.416 e. The molecule has 10 nitrogen and oxygen atoms in total. The number of methoxy groups -OCH3 is 1. The van der Waals surface area contributed by atoms with Crippen LogP contribution in [0, 0.1) is 0 Å². The lowest BCUT2D eigenvalue weighted by Gasteiger charge is -2.35. The number of anilines is 4. The van der Waals surface area contributed by atoms with Gasteiger partial charge in [0.15, 0.2) is 0 Å². The number of piperazine rings is 1. The third-order valence-electron chi connectivity index (χ3n) is 5.62. The second-order valence-electron chi connectivity index (χ2n) is 8.01. The van der Waals surface area contributed by atoms with Gasteiger partial charge in [-0.2, -0.15) is 0 Å². The van der Waals surface area contributed by atoms with Gasteiger partial charge in [0.25, 0.3) is 0 Å². The smallest absolute Gasteiger partial charge is 0.416 e. The summed E-state index contributed by atoms with van der Waals surface area (Å²) in [4.78, 5) is 30.4. The molecule has 0 aliphatic carbocycles. The highest BCUT2D eigenvalue weighted by molar-refractivity contribution is 5.92. The standard InChI is InChI=1S/C24H29N5O5/c1-32-11-12-33-23(30)17-5-6-22(21(25)13-17)27-18-3-2-4-19(14-18)29-9-7-28(8-10-29)16-20-15-26-24(31)34-20/h2-6,13-15,27H,7-12,16,25H2,1H3,(H,26,31). The molecule has 1 aliphatic heterocycles. The van der Waals surface area contributed by atoms with E-state index in [0.29, 0.717) is 35.9 Å². The number of hydrogen-bond donors (Lipinski definition) is 3. The number of benzene rings is 2. The summed E-state index contributed by atoms with van der Waals surface area (Å²) in [6.07, 6.45) is 1.62. The minimum Gasteiger partial charge on any atom is -0.460 e. The lowest BCUT2D eigenvalue weighted by atomic mass is 10.1. The van der Waals surface area contributed by atoms with Gasteiger partial charge in [0.1, 0.15) is 12.4 Å². The van der Waals surface area contributed by atoms with Gasteiger partial charge in [0.05, 0.1) is 30.1 Å². The van der Waals surface area contributed by atoms with Crippen molar-refractivity contribution in [3.8, 4) is 0 Å². The van der Waals surface area contributed by atoms with Crippen molar-refractivity contribution in [2.45, 2.75) is 6.54 Å². The summed E-state index contributed by atoms with van der Waals surface area (Å²) in [6, 6.07) is 13.2. The average molecular weight is 468 g/mol. The summed E-state index contributed by atoms with van der Waals surface area (Å²) < 4.78 is 15.1. The van der Waals surface area contributed by atoms with Gasteiger partial charge < -0.3 is 29.8 Å². The van der Waals surface area contributed by atoms with E-state index in [0.717, 1.165) is 37.6 Å². The van der Waals surface area contributed by atoms with E-state index in [9.17, 15) is 9.59 Å². The Balaban J connectivity index is 1.35. The molecule has 0 amide bonds. The Morgan fingerprint density at radius 2 is 1.97 bits per heavy atom. The number of rotatable bonds is 9. The molecule has 2 heterocycles. The molecule has 0 atom stereocenters. The molecule has 1 aromatic heterocycles. The zero-order valence-corrected chi connectivity index (χ0v) is 19.1. The number of nitrogens with zero attached hydrogens (tertiary/aromatic N) is 2. The molecular formula is C24H29N5O5. The first-order valence-electron chi connectivity index (χ1n) is 11.1. The topological polar surface area (TPSA) is 126 Å². The van der Waals surface area contributed by atoms with Crippen LogP contribution in [0.25, 0.3) is 0 Å². The zero-order chi connectivity index (χ0) is 23.9. The molecule has 0 bridgehead atoms. The molecule has 34 heavy (non-hydrogen) atoms. The van der Waals surface area contributed by atoms with Crippen LogP contribution < -0.4 is 21.7 Å².